The molecule has 0 atom stereocenters. The van der Waals surface area contributed by atoms with E-state index in [0.717, 1.165) is 11.9 Å². The van der Waals surface area contributed by atoms with E-state index in [4.69, 9.17) is 5.11 Å². The maximum absolute atomic E-state index is 12.1. The van der Waals surface area contributed by atoms with Crippen LogP contribution in [0.4, 0.5) is 0 Å². The fourth-order valence-electron chi connectivity index (χ4n) is 1.91. The Balaban J connectivity index is 2.07. The van der Waals surface area contributed by atoms with Gasteiger partial charge in [-0.05, 0) is 6.07 Å². The van der Waals surface area contributed by atoms with Gasteiger partial charge in [-0.15, -0.1) is 0 Å². The molecule has 0 aliphatic rings. The molecule has 0 bridgehead atoms. The fraction of sp³-hybridized carbons (Fsp3) is 0.333. The molecule has 0 unspecified atom stereocenters. The highest BCUT2D eigenvalue weighted by Gasteiger charge is 2.19. The van der Waals surface area contributed by atoms with Crippen molar-refractivity contribution in [2.45, 2.75) is 11.3 Å². The van der Waals surface area contributed by atoms with Gasteiger partial charge in [-0.25, -0.2) is 22.9 Å². The summed E-state index contributed by atoms with van der Waals surface area (Å²) in [6, 6.07) is 1.13. The lowest BCUT2D eigenvalue weighted by Crippen LogP contribution is -2.26. The van der Waals surface area contributed by atoms with E-state index in [1.165, 1.54) is 17.8 Å². The molecule has 0 aliphatic heterocycles. The second kappa shape index (κ2) is 5.70. The van der Waals surface area contributed by atoms with Crippen molar-refractivity contribution in [1.82, 2.24) is 18.8 Å². The first kappa shape index (κ1) is 15.3. The number of carbonyl (C=O) groups is 1. The molecule has 0 aliphatic carbocycles. The average Bonchev–Trinajstić information content (AvgIpc) is 2.96. The average molecular weight is 312 g/mol. The van der Waals surface area contributed by atoms with Gasteiger partial charge < -0.3 is 14.2 Å². The highest BCUT2D eigenvalue weighted by atomic mass is 32.2. The molecule has 2 heterocycles. The summed E-state index contributed by atoms with van der Waals surface area (Å²) in [4.78, 5) is 15.0. The van der Waals surface area contributed by atoms with E-state index in [2.05, 4.69) is 9.71 Å². The number of imidazole rings is 1. The Morgan fingerprint density at radius 1 is 1.38 bits per heavy atom. The number of aryl methyl sites for hydroxylation is 2. The van der Waals surface area contributed by atoms with E-state index >= 15 is 0 Å². The van der Waals surface area contributed by atoms with Gasteiger partial charge in [0.15, 0.2) is 0 Å². The van der Waals surface area contributed by atoms with Gasteiger partial charge in [0.05, 0.1) is 0 Å². The highest BCUT2D eigenvalue weighted by molar-refractivity contribution is 7.89. The molecule has 9 heteroatoms. The minimum Gasteiger partial charge on any atom is -0.477 e. The smallest absolute Gasteiger partial charge is 0.352 e. The van der Waals surface area contributed by atoms with Crippen LogP contribution >= 0.6 is 0 Å². The van der Waals surface area contributed by atoms with Crippen molar-refractivity contribution in [3.8, 4) is 0 Å². The Kier molecular flexibility index (Phi) is 4.14. The molecule has 0 spiro atoms. The molecule has 0 saturated carbocycles. The standard InChI is InChI=1S/C12H16N4O4S/c1-15-6-5-13-11(15)3-4-14-21(19,20)9-7-10(12(17)18)16(2)8-9/h5-8,14H,3-4H2,1-2H3,(H,17,18). The number of aromatic carboxylic acids is 1. The molecule has 2 rings (SSSR count). The predicted octanol–water partition coefficient (Wildman–Crippen LogP) is -0.0222. The molecular formula is C12H16N4O4S. The zero-order valence-electron chi connectivity index (χ0n) is 11.6. The summed E-state index contributed by atoms with van der Waals surface area (Å²) in [5.41, 5.74) is -0.0838. The molecule has 8 nitrogen and oxygen atoms in total. The molecule has 21 heavy (non-hydrogen) atoms. The highest BCUT2D eigenvalue weighted by Crippen LogP contribution is 2.13. The van der Waals surface area contributed by atoms with E-state index in [1.807, 2.05) is 7.05 Å². The lowest BCUT2D eigenvalue weighted by Gasteiger charge is -2.05. The summed E-state index contributed by atoms with van der Waals surface area (Å²) in [6.07, 6.45) is 5.13. The van der Waals surface area contributed by atoms with Crippen LogP contribution in [-0.2, 0) is 30.5 Å². The summed E-state index contributed by atoms with van der Waals surface area (Å²) < 4.78 is 29.7. The van der Waals surface area contributed by atoms with Gasteiger partial charge >= 0.3 is 5.97 Å². The molecule has 2 aromatic heterocycles. The summed E-state index contributed by atoms with van der Waals surface area (Å²) in [7, 11) is -0.424. The molecule has 0 saturated heterocycles. The van der Waals surface area contributed by atoms with E-state index in [1.54, 1.807) is 17.0 Å². The van der Waals surface area contributed by atoms with E-state index < -0.39 is 16.0 Å². The van der Waals surface area contributed by atoms with Gasteiger partial charge in [-0.2, -0.15) is 0 Å². The van der Waals surface area contributed by atoms with Gasteiger partial charge in [0, 0.05) is 45.7 Å². The summed E-state index contributed by atoms with van der Waals surface area (Å²) in [6.45, 7) is 0.185. The lowest BCUT2D eigenvalue weighted by molar-refractivity contribution is 0.0686. The number of carboxylic acid groups (broad SMARTS) is 1. The first-order chi connectivity index (χ1) is 9.81. The van der Waals surface area contributed by atoms with Crippen molar-refractivity contribution in [2.24, 2.45) is 14.1 Å². The molecule has 0 aromatic carbocycles. The van der Waals surface area contributed by atoms with E-state index in [0.29, 0.717) is 6.42 Å². The quantitative estimate of drug-likeness (QED) is 0.779. The van der Waals surface area contributed by atoms with Crippen LogP contribution in [0.25, 0.3) is 0 Å². The largest absolute Gasteiger partial charge is 0.477 e. The van der Waals surface area contributed by atoms with Crippen molar-refractivity contribution in [3.05, 3.63) is 36.2 Å². The zero-order chi connectivity index (χ0) is 15.6. The van der Waals surface area contributed by atoms with E-state index in [-0.39, 0.29) is 17.1 Å². The molecule has 2 N–H and O–H groups in total. The topological polar surface area (TPSA) is 106 Å². The maximum atomic E-state index is 12.1. The van der Waals surface area contributed by atoms with Crippen LogP contribution in [0.15, 0.2) is 29.6 Å². The number of nitrogens with one attached hydrogen (secondary N) is 1. The van der Waals surface area contributed by atoms with Gasteiger partial charge in [-0.1, -0.05) is 0 Å². The van der Waals surface area contributed by atoms with Crippen LogP contribution in [0.1, 0.15) is 16.3 Å². The van der Waals surface area contributed by atoms with Gasteiger partial charge in [0.25, 0.3) is 0 Å². The number of hydrogen-bond donors (Lipinski definition) is 2. The Bertz CT molecular complexity index is 760. The number of sulfonamides is 1. The molecular weight excluding hydrogens is 296 g/mol. The molecule has 0 fully saturated rings. The Hall–Kier alpha value is -2.13. The SMILES string of the molecule is Cn1cc(S(=O)(=O)NCCc2nccn2C)cc1C(=O)O. The van der Waals surface area contributed by atoms with Crippen molar-refractivity contribution >= 4 is 16.0 Å². The van der Waals surface area contributed by atoms with Gasteiger partial charge in [-0.3, -0.25) is 0 Å². The third-order valence-corrected chi connectivity index (χ3v) is 4.50. The predicted molar refractivity (Wildman–Crippen MR) is 74.5 cm³/mol. The molecule has 0 amide bonds. The first-order valence-corrected chi connectivity index (χ1v) is 7.65. The minimum absolute atomic E-state index is 0.0674. The zero-order valence-corrected chi connectivity index (χ0v) is 12.5. The molecule has 2 aromatic rings. The van der Waals surface area contributed by atoms with Gasteiger partial charge in [0.2, 0.25) is 10.0 Å². The number of hydrogen-bond acceptors (Lipinski definition) is 4. The second-order valence-corrected chi connectivity index (χ2v) is 6.35. The third-order valence-electron chi connectivity index (χ3n) is 3.07. The first-order valence-electron chi connectivity index (χ1n) is 6.17. The Morgan fingerprint density at radius 2 is 2.10 bits per heavy atom. The summed E-state index contributed by atoms with van der Waals surface area (Å²) in [5, 5.41) is 8.93. The lowest BCUT2D eigenvalue weighted by atomic mass is 10.4. The summed E-state index contributed by atoms with van der Waals surface area (Å²) in [5.74, 6) is -0.413. The van der Waals surface area contributed by atoms with E-state index in [9.17, 15) is 13.2 Å². The normalized spacial score (nSPS) is 11.7. The van der Waals surface area contributed by atoms with Crippen LogP contribution < -0.4 is 4.72 Å². The monoisotopic (exact) mass is 312 g/mol. The van der Waals surface area contributed by atoms with Crippen molar-refractivity contribution in [2.75, 3.05) is 6.54 Å². The molecule has 0 radical (unpaired) electrons. The number of carboxylic acids is 1. The minimum atomic E-state index is -3.73. The van der Waals surface area contributed by atoms with Gasteiger partial charge in [0.1, 0.15) is 16.4 Å². The Labute approximate surface area is 122 Å². The number of rotatable bonds is 6. The fourth-order valence-corrected chi connectivity index (χ4v) is 3.01. The summed E-state index contributed by atoms with van der Waals surface area (Å²) >= 11 is 0. The van der Waals surface area contributed by atoms with Crippen LogP contribution in [0.5, 0.6) is 0 Å². The van der Waals surface area contributed by atoms with Crippen molar-refractivity contribution in [3.63, 3.8) is 0 Å². The Morgan fingerprint density at radius 3 is 2.62 bits per heavy atom. The maximum Gasteiger partial charge on any atom is 0.352 e. The van der Waals surface area contributed by atoms with Crippen LogP contribution in [-0.4, -0.2) is 40.2 Å². The third kappa shape index (κ3) is 3.31. The number of nitrogens with zero attached hydrogens (tertiary/aromatic N) is 3. The number of aromatic nitrogens is 3. The van der Waals surface area contributed by atoms with Crippen LogP contribution in [0.2, 0.25) is 0 Å². The van der Waals surface area contributed by atoms with Crippen LogP contribution in [0, 0.1) is 0 Å². The van der Waals surface area contributed by atoms with Crippen molar-refractivity contribution < 1.29 is 18.3 Å². The second-order valence-electron chi connectivity index (χ2n) is 4.58. The molecule has 114 valence electrons. The van der Waals surface area contributed by atoms with Crippen molar-refractivity contribution in [1.29, 1.82) is 0 Å². The van der Waals surface area contributed by atoms with Crippen LogP contribution in [0.3, 0.4) is 0 Å².